The first-order chi connectivity index (χ1) is 12.0. The molecule has 1 atom stereocenters. The molecule has 4 nitrogen and oxygen atoms in total. The maximum atomic E-state index is 13.3. The Hall–Kier alpha value is -2.15. The van der Waals surface area contributed by atoms with Crippen LogP contribution < -0.4 is 4.31 Å². The summed E-state index contributed by atoms with van der Waals surface area (Å²) in [4.78, 5) is 1.03. The highest BCUT2D eigenvalue weighted by Gasteiger charge is 2.36. The molecule has 1 aliphatic heterocycles. The predicted molar refractivity (Wildman–Crippen MR) is 98.3 cm³/mol. The monoisotopic (exact) mass is 389 g/mol. The maximum Gasteiger partial charge on any atom is 0.268 e. The molecule has 1 heterocycles. The van der Waals surface area contributed by atoms with E-state index in [1.807, 2.05) is 0 Å². The van der Waals surface area contributed by atoms with Crippen LogP contribution in [0.3, 0.4) is 0 Å². The molecule has 3 aromatic rings. The molecule has 0 bridgehead atoms. The minimum absolute atomic E-state index is 0.156. The van der Waals surface area contributed by atoms with Crippen molar-refractivity contribution in [3.8, 4) is 0 Å². The van der Waals surface area contributed by atoms with Crippen LogP contribution in [0.1, 0.15) is 0 Å². The first-order valence-corrected chi connectivity index (χ1v) is 10.4. The van der Waals surface area contributed by atoms with E-state index in [4.69, 9.17) is 11.6 Å². The third-order valence-corrected chi connectivity index (χ3v) is 7.37. The normalized spacial score (nSPS) is 16.2. The molecule has 3 aromatic carbocycles. The average Bonchev–Trinajstić information content (AvgIpc) is 2.62. The van der Waals surface area contributed by atoms with E-state index in [0.717, 1.165) is 0 Å². The molecular formula is C18H12ClNO3S2. The minimum Gasteiger partial charge on any atom is -0.249 e. The molecule has 126 valence electrons. The Balaban J connectivity index is 2.05. The number of rotatable bonds is 2. The van der Waals surface area contributed by atoms with E-state index >= 15 is 0 Å². The van der Waals surface area contributed by atoms with Crippen LogP contribution in [0.4, 0.5) is 11.4 Å². The third kappa shape index (κ3) is 2.57. The van der Waals surface area contributed by atoms with E-state index in [1.165, 1.54) is 22.5 Å². The molecule has 0 amide bonds. The zero-order valence-electron chi connectivity index (χ0n) is 12.8. The summed E-state index contributed by atoms with van der Waals surface area (Å²) in [5.74, 6) is 0. The summed E-state index contributed by atoms with van der Waals surface area (Å²) in [5.41, 5.74) is 0.688. The molecule has 0 aromatic heterocycles. The zero-order valence-corrected chi connectivity index (χ0v) is 15.2. The molecule has 1 unspecified atom stereocenters. The Morgan fingerprint density at radius 3 is 2.20 bits per heavy atom. The second-order valence-corrected chi connectivity index (χ2v) is 9.07. The van der Waals surface area contributed by atoms with Crippen molar-refractivity contribution in [2.45, 2.75) is 14.7 Å². The maximum absolute atomic E-state index is 13.3. The Bertz CT molecular complexity index is 1100. The highest BCUT2D eigenvalue weighted by Crippen LogP contribution is 2.45. The van der Waals surface area contributed by atoms with Crippen LogP contribution in [0, 0.1) is 0 Å². The summed E-state index contributed by atoms with van der Waals surface area (Å²) in [6, 6.07) is 19.7. The summed E-state index contributed by atoms with van der Waals surface area (Å²) in [6.07, 6.45) is 0. The fourth-order valence-corrected chi connectivity index (χ4v) is 5.93. The van der Waals surface area contributed by atoms with Crippen LogP contribution in [0.5, 0.6) is 0 Å². The lowest BCUT2D eigenvalue weighted by Gasteiger charge is -2.31. The molecule has 0 saturated heterocycles. The highest BCUT2D eigenvalue weighted by atomic mass is 35.5. The predicted octanol–water partition coefficient (Wildman–Crippen LogP) is 4.35. The smallest absolute Gasteiger partial charge is 0.249 e. The van der Waals surface area contributed by atoms with Gasteiger partial charge < -0.3 is 0 Å². The number of halogens is 1. The lowest BCUT2D eigenvalue weighted by atomic mass is 10.2. The van der Waals surface area contributed by atoms with Gasteiger partial charge in [0.1, 0.15) is 0 Å². The van der Waals surface area contributed by atoms with Crippen LogP contribution in [-0.4, -0.2) is 12.6 Å². The van der Waals surface area contributed by atoms with Gasteiger partial charge in [0.05, 0.1) is 36.9 Å². The Kier molecular flexibility index (Phi) is 3.91. The van der Waals surface area contributed by atoms with Crippen molar-refractivity contribution >= 4 is 43.8 Å². The van der Waals surface area contributed by atoms with Gasteiger partial charge in [-0.1, -0.05) is 41.9 Å². The van der Waals surface area contributed by atoms with Crippen molar-refractivity contribution in [1.29, 1.82) is 0 Å². The van der Waals surface area contributed by atoms with E-state index in [0.29, 0.717) is 26.2 Å². The molecule has 7 heteroatoms. The molecule has 0 radical (unpaired) electrons. The standard InChI is InChI=1S/C18H12ClNO3S2/c19-13-10-11-18-16(12-13)20(15-8-4-5-9-17(15)24(18)21)25(22,23)14-6-2-1-3-7-14/h1-12H. The van der Waals surface area contributed by atoms with Crippen molar-refractivity contribution in [2.75, 3.05) is 4.31 Å². The molecular weight excluding hydrogens is 378 g/mol. The van der Waals surface area contributed by atoms with Gasteiger partial charge in [0, 0.05) is 5.02 Å². The molecule has 0 N–H and O–H groups in total. The van der Waals surface area contributed by atoms with Crippen LogP contribution >= 0.6 is 11.6 Å². The third-order valence-electron chi connectivity index (χ3n) is 3.90. The van der Waals surface area contributed by atoms with Crippen molar-refractivity contribution in [3.05, 3.63) is 77.8 Å². The fourth-order valence-electron chi connectivity index (χ4n) is 2.79. The molecule has 0 aliphatic carbocycles. The van der Waals surface area contributed by atoms with Gasteiger partial charge >= 0.3 is 0 Å². The number of hydrogen-bond donors (Lipinski definition) is 0. The van der Waals surface area contributed by atoms with Gasteiger partial charge in [0.2, 0.25) is 0 Å². The van der Waals surface area contributed by atoms with E-state index < -0.39 is 20.8 Å². The van der Waals surface area contributed by atoms with Crippen LogP contribution in [0.15, 0.2) is 87.5 Å². The molecule has 25 heavy (non-hydrogen) atoms. The van der Waals surface area contributed by atoms with Crippen molar-refractivity contribution in [2.24, 2.45) is 0 Å². The largest absolute Gasteiger partial charge is 0.268 e. The van der Waals surface area contributed by atoms with Crippen molar-refractivity contribution in [1.82, 2.24) is 0 Å². The Morgan fingerprint density at radius 1 is 0.800 bits per heavy atom. The first kappa shape index (κ1) is 16.3. The first-order valence-electron chi connectivity index (χ1n) is 7.41. The molecule has 4 rings (SSSR count). The van der Waals surface area contributed by atoms with Gasteiger partial charge in [-0.3, -0.25) is 0 Å². The molecule has 1 aliphatic rings. The lowest BCUT2D eigenvalue weighted by molar-refractivity contribution is 0.595. The minimum atomic E-state index is -3.89. The lowest BCUT2D eigenvalue weighted by Crippen LogP contribution is -2.30. The highest BCUT2D eigenvalue weighted by molar-refractivity contribution is 7.93. The summed E-state index contributed by atoms with van der Waals surface area (Å²) in [6.45, 7) is 0. The second kappa shape index (κ2) is 5.98. The van der Waals surface area contributed by atoms with Crippen molar-refractivity contribution < 1.29 is 12.6 Å². The van der Waals surface area contributed by atoms with Crippen LogP contribution in [0.2, 0.25) is 5.02 Å². The summed E-state index contributed by atoms with van der Waals surface area (Å²) >= 11 is 6.09. The van der Waals surface area contributed by atoms with E-state index in [1.54, 1.807) is 54.6 Å². The number of nitrogens with zero attached hydrogens (tertiary/aromatic N) is 1. The molecule has 0 fully saturated rings. The fraction of sp³-hybridized carbons (Fsp3) is 0. The quantitative estimate of drug-likeness (QED) is 0.654. The number of fused-ring (bicyclic) bond motifs is 2. The topological polar surface area (TPSA) is 54.5 Å². The zero-order chi connectivity index (χ0) is 17.6. The summed E-state index contributed by atoms with van der Waals surface area (Å²) in [7, 11) is -5.36. The summed E-state index contributed by atoms with van der Waals surface area (Å²) < 4.78 is 40.7. The number of anilines is 2. The van der Waals surface area contributed by atoms with E-state index in [9.17, 15) is 12.6 Å². The Labute approximate surface area is 153 Å². The number of hydrogen-bond acceptors (Lipinski definition) is 3. The average molecular weight is 390 g/mol. The van der Waals surface area contributed by atoms with Gasteiger partial charge in [0.25, 0.3) is 10.0 Å². The SMILES string of the molecule is O=S1c2ccccc2N(S(=O)(=O)c2ccccc2)c2cc(Cl)ccc21. The van der Waals surface area contributed by atoms with Gasteiger partial charge in [0.15, 0.2) is 0 Å². The van der Waals surface area contributed by atoms with E-state index in [2.05, 4.69) is 0 Å². The number of para-hydroxylation sites is 1. The Morgan fingerprint density at radius 2 is 1.44 bits per heavy atom. The van der Waals surface area contributed by atoms with Crippen LogP contribution in [0.25, 0.3) is 0 Å². The van der Waals surface area contributed by atoms with Gasteiger partial charge in [-0.2, -0.15) is 0 Å². The van der Waals surface area contributed by atoms with E-state index in [-0.39, 0.29) is 4.90 Å². The van der Waals surface area contributed by atoms with Crippen LogP contribution in [-0.2, 0) is 20.8 Å². The van der Waals surface area contributed by atoms with Gasteiger partial charge in [-0.15, -0.1) is 0 Å². The van der Waals surface area contributed by atoms with Gasteiger partial charge in [-0.05, 0) is 42.5 Å². The second-order valence-electron chi connectivity index (χ2n) is 5.43. The number of sulfonamides is 1. The molecule has 0 saturated carbocycles. The molecule has 0 spiro atoms. The number of benzene rings is 3. The summed E-state index contributed by atoms with van der Waals surface area (Å²) in [5, 5.41) is 0.378. The van der Waals surface area contributed by atoms with Crippen molar-refractivity contribution in [3.63, 3.8) is 0 Å². The van der Waals surface area contributed by atoms with Gasteiger partial charge in [-0.25, -0.2) is 16.9 Å².